The van der Waals surface area contributed by atoms with Gasteiger partial charge < -0.3 is 4.74 Å². The van der Waals surface area contributed by atoms with Crippen LogP contribution in [0.1, 0.15) is 5.56 Å². The molecule has 0 spiro atoms. The summed E-state index contributed by atoms with van der Waals surface area (Å²) in [6.45, 7) is 0. The Balaban J connectivity index is 2.27. The maximum absolute atomic E-state index is 5.22. The van der Waals surface area contributed by atoms with Gasteiger partial charge in [-0.2, -0.15) is 0 Å². The van der Waals surface area contributed by atoms with E-state index in [9.17, 15) is 0 Å². The molecule has 1 heterocycles. The number of ether oxygens (including phenoxy) is 1. The van der Waals surface area contributed by atoms with Crippen molar-refractivity contribution in [1.82, 2.24) is 0 Å². The Hall–Kier alpha value is -1.26. The Labute approximate surface area is 104 Å². The number of methoxy groups -OCH3 is 1. The van der Waals surface area contributed by atoms with Gasteiger partial charge in [-0.25, -0.2) is 0 Å². The van der Waals surface area contributed by atoms with Gasteiger partial charge in [0.15, 0.2) is 0 Å². The van der Waals surface area contributed by atoms with Crippen LogP contribution in [0.3, 0.4) is 0 Å². The summed E-state index contributed by atoms with van der Waals surface area (Å²) < 4.78 is 6.19. The smallest absolute Gasteiger partial charge is 0.144 e. The van der Waals surface area contributed by atoms with E-state index in [0.717, 1.165) is 21.2 Å². The predicted octanol–water partition coefficient (Wildman–Crippen LogP) is 3.80. The number of para-hydroxylation sites is 2. The van der Waals surface area contributed by atoms with E-state index in [0.29, 0.717) is 0 Å². The van der Waals surface area contributed by atoms with Gasteiger partial charge in [0.25, 0.3) is 0 Å². The topological polar surface area (TPSA) is 21.6 Å². The number of aliphatic imine (C=N–C) groups is 1. The number of hydrogen-bond acceptors (Lipinski definition) is 4. The molecule has 1 aromatic carbocycles. The predicted molar refractivity (Wildman–Crippen MR) is 71.8 cm³/mol. The summed E-state index contributed by atoms with van der Waals surface area (Å²) in [5.74, 6) is 0.773. The fourth-order valence-electron chi connectivity index (χ4n) is 1.28. The minimum atomic E-state index is 0.773. The third kappa shape index (κ3) is 2.46. The molecule has 2 aromatic rings. The second kappa shape index (κ2) is 5.18. The van der Waals surface area contributed by atoms with Crippen LogP contribution in [0.25, 0.3) is 0 Å². The molecule has 2 rings (SSSR count). The summed E-state index contributed by atoms with van der Waals surface area (Å²) in [6, 6.07) is 9.66. The SMILES string of the molecule is COc1ccccc1N=Cc1ccsc1S. The molecule has 16 heavy (non-hydrogen) atoms. The van der Waals surface area contributed by atoms with Crippen LogP contribution in [-0.2, 0) is 0 Å². The molecule has 0 aliphatic rings. The molecule has 0 amide bonds. The molecule has 0 saturated carbocycles. The zero-order valence-corrected chi connectivity index (χ0v) is 10.5. The lowest BCUT2D eigenvalue weighted by Crippen LogP contribution is -1.83. The van der Waals surface area contributed by atoms with Gasteiger partial charge in [-0.3, -0.25) is 4.99 Å². The van der Waals surface area contributed by atoms with Gasteiger partial charge in [0, 0.05) is 11.8 Å². The fourth-order valence-corrected chi connectivity index (χ4v) is 2.20. The van der Waals surface area contributed by atoms with Gasteiger partial charge in [-0.05, 0) is 23.6 Å². The highest BCUT2D eigenvalue weighted by Gasteiger charge is 1.99. The molecule has 0 aliphatic carbocycles. The highest BCUT2D eigenvalue weighted by atomic mass is 32.2. The van der Waals surface area contributed by atoms with E-state index in [2.05, 4.69) is 17.6 Å². The van der Waals surface area contributed by atoms with Crippen molar-refractivity contribution in [3.63, 3.8) is 0 Å². The van der Waals surface area contributed by atoms with Crippen LogP contribution >= 0.6 is 24.0 Å². The van der Waals surface area contributed by atoms with E-state index in [4.69, 9.17) is 4.74 Å². The molecule has 0 aliphatic heterocycles. The summed E-state index contributed by atoms with van der Waals surface area (Å²) in [5, 5.41) is 1.99. The van der Waals surface area contributed by atoms with Crippen molar-refractivity contribution in [2.75, 3.05) is 7.11 Å². The average molecular weight is 249 g/mol. The maximum Gasteiger partial charge on any atom is 0.144 e. The molecule has 0 fully saturated rings. The Morgan fingerprint density at radius 3 is 2.81 bits per heavy atom. The van der Waals surface area contributed by atoms with E-state index in [1.54, 1.807) is 24.7 Å². The van der Waals surface area contributed by atoms with E-state index < -0.39 is 0 Å². The summed E-state index contributed by atoms with van der Waals surface area (Å²) in [4.78, 5) is 4.39. The van der Waals surface area contributed by atoms with Gasteiger partial charge >= 0.3 is 0 Å². The Morgan fingerprint density at radius 1 is 1.31 bits per heavy atom. The van der Waals surface area contributed by atoms with Crippen LogP contribution < -0.4 is 4.74 Å². The van der Waals surface area contributed by atoms with Crippen molar-refractivity contribution in [2.24, 2.45) is 4.99 Å². The third-order valence-corrected chi connectivity index (χ3v) is 3.41. The molecule has 82 valence electrons. The summed E-state index contributed by atoms with van der Waals surface area (Å²) >= 11 is 5.93. The quantitative estimate of drug-likeness (QED) is 0.648. The Kier molecular flexibility index (Phi) is 3.64. The monoisotopic (exact) mass is 249 g/mol. The second-order valence-corrected chi connectivity index (χ2v) is 4.78. The van der Waals surface area contributed by atoms with Crippen LogP contribution in [0.2, 0.25) is 0 Å². The zero-order valence-electron chi connectivity index (χ0n) is 8.75. The lowest BCUT2D eigenvalue weighted by atomic mass is 10.3. The molecule has 0 radical (unpaired) electrons. The lowest BCUT2D eigenvalue weighted by molar-refractivity contribution is 0.416. The van der Waals surface area contributed by atoms with E-state index in [1.807, 2.05) is 35.7 Å². The summed E-state index contributed by atoms with van der Waals surface area (Å²) in [6.07, 6.45) is 1.80. The van der Waals surface area contributed by atoms with Crippen molar-refractivity contribution in [3.8, 4) is 5.75 Å². The van der Waals surface area contributed by atoms with Crippen LogP contribution in [0.5, 0.6) is 5.75 Å². The van der Waals surface area contributed by atoms with Crippen molar-refractivity contribution < 1.29 is 4.74 Å². The highest BCUT2D eigenvalue weighted by molar-refractivity contribution is 7.83. The largest absolute Gasteiger partial charge is 0.494 e. The minimum absolute atomic E-state index is 0.773. The van der Waals surface area contributed by atoms with Gasteiger partial charge in [-0.1, -0.05) is 12.1 Å². The van der Waals surface area contributed by atoms with Gasteiger partial charge in [-0.15, -0.1) is 24.0 Å². The van der Waals surface area contributed by atoms with E-state index in [1.165, 1.54) is 0 Å². The number of nitrogens with zero attached hydrogens (tertiary/aromatic N) is 1. The molecular weight excluding hydrogens is 238 g/mol. The van der Waals surface area contributed by atoms with E-state index >= 15 is 0 Å². The summed E-state index contributed by atoms with van der Waals surface area (Å²) in [5.41, 5.74) is 1.85. The number of thiophene rings is 1. The fraction of sp³-hybridized carbons (Fsp3) is 0.0833. The van der Waals surface area contributed by atoms with Crippen molar-refractivity contribution in [2.45, 2.75) is 4.21 Å². The molecular formula is C12H11NOS2. The number of rotatable bonds is 3. The minimum Gasteiger partial charge on any atom is -0.494 e. The summed E-state index contributed by atoms with van der Waals surface area (Å²) in [7, 11) is 1.64. The standard InChI is InChI=1S/C12H11NOS2/c1-14-11-5-3-2-4-10(11)13-8-9-6-7-16-12(9)15/h2-8,15H,1H3. The second-order valence-electron chi connectivity index (χ2n) is 3.11. The van der Waals surface area contributed by atoms with E-state index in [-0.39, 0.29) is 0 Å². The number of benzene rings is 1. The molecule has 0 N–H and O–H groups in total. The lowest BCUT2D eigenvalue weighted by Gasteiger charge is -2.02. The highest BCUT2D eigenvalue weighted by Crippen LogP contribution is 2.27. The maximum atomic E-state index is 5.22. The zero-order chi connectivity index (χ0) is 11.4. The molecule has 4 heteroatoms. The van der Waals surface area contributed by atoms with Crippen LogP contribution in [-0.4, -0.2) is 13.3 Å². The normalized spacial score (nSPS) is 10.9. The molecule has 0 atom stereocenters. The first-order chi connectivity index (χ1) is 7.81. The van der Waals surface area contributed by atoms with Crippen LogP contribution in [0.15, 0.2) is 44.9 Å². The molecule has 2 nitrogen and oxygen atoms in total. The first kappa shape index (κ1) is 11.2. The van der Waals surface area contributed by atoms with Gasteiger partial charge in [0.2, 0.25) is 0 Å². The molecule has 1 aromatic heterocycles. The average Bonchev–Trinajstić information content (AvgIpc) is 2.72. The van der Waals surface area contributed by atoms with Gasteiger partial charge in [0.05, 0.1) is 11.3 Å². The first-order valence-electron chi connectivity index (χ1n) is 4.75. The van der Waals surface area contributed by atoms with Gasteiger partial charge in [0.1, 0.15) is 11.4 Å². The number of thiol groups is 1. The molecule has 0 bridgehead atoms. The van der Waals surface area contributed by atoms with Crippen molar-refractivity contribution in [3.05, 3.63) is 41.3 Å². The Bertz CT molecular complexity index is 505. The molecule has 0 unspecified atom stereocenters. The number of hydrogen-bond donors (Lipinski definition) is 1. The Morgan fingerprint density at radius 2 is 2.12 bits per heavy atom. The van der Waals surface area contributed by atoms with Crippen LogP contribution in [0, 0.1) is 0 Å². The first-order valence-corrected chi connectivity index (χ1v) is 6.07. The third-order valence-electron chi connectivity index (χ3n) is 2.10. The molecule has 0 saturated heterocycles. The van der Waals surface area contributed by atoms with Crippen LogP contribution in [0.4, 0.5) is 5.69 Å². The van der Waals surface area contributed by atoms with Crippen molar-refractivity contribution in [1.29, 1.82) is 0 Å². The van der Waals surface area contributed by atoms with Crippen molar-refractivity contribution >= 4 is 35.9 Å².